The molecule has 0 aliphatic heterocycles. The normalized spacial score (nSPS) is 12.3. The van der Waals surface area contributed by atoms with Gasteiger partial charge in [0, 0.05) is 21.2 Å². The Morgan fingerprint density at radius 3 is 2.39 bits per heavy atom. The molecule has 1 atom stereocenters. The Morgan fingerprint density at radius 1 is 1.11 bits per heavy atom. The van der Waals surface area contributed by atoms with Crippen LogP contribution in [0.2, 0.25) is 0 Å². The molecule has 1 unspecified atom stereocenters. The zero-order valence-corrected chi connectivity index (χ0v) is 11.7. The van der Waals surface area contributed by atoms with E-state index in [-0.39, 0.29) is 11.7 Å². The fourth-order valence-corrected chi connectivity index (χ4v) is 3.09. The maximum atomic E-state index is 12.2. The van der Waals surface area contributed by atoms with Crippen LogP contribution in [0.5, 0.6) is 0 Å². The largest absolute Gasteiger partial charge is 0.294 e. The van der Waals surface area contributed by atoms with E-state index in [0.29, 0.717) is 0 Å². The van der Waals surface area contributed by atoms with Crippen LogP contribution in [0.4, 0.5) is 0 Å². The monoisotopic (exact) mass is 258 g/mol. The molecule has 2 rings (SSSR count). The van der Waals surface area contributed by atoms with Crippen molar-refractivity contribution in [1.82, 2.24) is 0 Å². The summed E-state index contributed by atoms with van der Waals surface area (Å²) in [5, 5.41) is 0. The molecule has 2 aromatic rings. The molecule has 1 nitrogen and oxygen atoms in total. The molecule has 2 heteroatoms. The molecule has 1 aromatic carbocycles. The molecule has 0 aliphatic carbocycles. The lowest BCUT2D eigenvalue weighted by atomic mass is 9.96. The van der Waals surface area contributed by atoms with Crippen molar-refractivity contribution in [3.8, 4) is 0 Å². The molecule has 0 N–H and O–H groups in total. The molecule has 0 radical (unpaired) electrons. The summed E-state index contributed by atoms with van der Waals surface area (Å²) in [4.78, 5) is 14.9. The van der Waals surface area contributed by atoms with Gasteiger partial charge in [-0.15, -0.1) is 11.3 Å². The SMILES string of the molecule is CCc1ccc(CC(C)C(=O)c2ccccc2)s1. The summed E-state index contributed by atoms with van der Waals surface area (Å²) in [7, 11) is 0. The fourth-order valence-electron chi connectivity index (χ4n) is 2.00. The molecule has 1 heterocycles. The highest BCUT2D eigenvalue weighted by Crippen LogP contribution is 2.22. The second kappa shape index (κ2) is 5.96. The first kappa shape index (κ1) is 13.0. The highest BCUT2D eigenvalue weighted by molar-refractivity contribution is 7.12. The minimum Gasteiger partial charge on any atom is -0.294 e. The smallest absolute Gasteiger partial charge is 0.166 e. The lowest BCUT2D eigenvalue weighted by Crippen LogP contribution is -2.13. The lowest BCUT2D eigenvalue weighted by molar-refractivity contribution is 0.0930. The molecular formula is C16H18OS. The maximum Gasteiger partial charge on any atom is 0.166 e. The number of thiophene rings is 1. The molecule has 0 spiro atoms. The van der Waals surface area contributed by atoms with E-state index < -0.39 is 0 Å². The van der Waals surface area contributed by atoms with E-state index >= 15 is 0 Å². The van der Waals surface area contributed by atoms with Gasteiger partial charge in [-0.1, -0.05) is 44.2 Å². The number of Topliss-reactive ketones (excluding diaryl/α,β-unsaturated/α-hetero) is 1. The van der Waals surface area contributed by atoms with Gasteiger partial charge in [-0.2, -0.15) is 0 Å². The molecule has 0 aliphatic rings. The van der Waals surface area contributed by atoms with E-state index in [9.17, 15) is 4.79 Å². The van der Waals surface area contributed by atoms with Crippen LogP contribution in [0.15, 0.2) is 42.5 Å². The van der Waals surface area contributed by atoms with Gasteiger partial charge in [-0.3, -0.25) is 4.79 Å². The van der Waals surface area contributed by atoms with E-state index in [4.69, 9.17) is 0 Å². The number of carbonyl (C=O) groups excluding carboxylic acids is 1. The van der Waals surface area contributed by atoms with Crippen LogP contribution in [-0.4, -0.2) is 5.78 Å². The Hall–Kier alpha value is -1.41. The van der Waals surface area contributed by atoms with Gasteiger partial charge in [0.15, 0.2) is 5.78 Å². The number of carbonyl (C=O) groups is 1. The Balaban J connectivity index is 2.03. The van der Waals surface area contributed by atoms with E-state index in [1.807, 2.05) is 48.6 Å². The van der Waals surface area contributed by atoms with Gasteiger partial charge in [-0.05, 0) is 25.0 Å². The standard InChI is InChI=1S/C16H18OS/c1-3-14-9-10-15(18-14)11-12(2)16(17)13-7-5-4-6-8-13/h4-10,12H,3,11H2,1-2H3. The van der Waals surface area contributed by atoms with Gasteiger partial charge >= 0.3 is 0 Å². The summed E-state index contributed by atoms with van der Waals surface area (Å²) in [6, 6.07) is 13.9. The quantitative estimate of drug-likeness (QED) is 0.728. The van der Waals surface area contributed by atoms with Gasteiger partial charge in [0.05, 0.1) is 0 Å². The minimum atomic E-state index is 0.0516. The van der Waals surface area contributed by atoms with Gasteiger partial charge in [0.1, 0.15) is 0 Å². The van der Waals surface area contributed by atoms with Crippen molar-refractivity contribution in [2.75, 3.05) is 0 Å². The van der Waals surface area contributed by atoms with Crippen LogP contribution in [0.25, 0.3) is 0 Å². The number of ketones is 1. The third-order valence-electron chi connectivity index (χ3n) is 3.08. The van der Waals surface area contributed by atoms with Crippen molar-refractivity contribution >= 4 is 17.1 Å². The Bertz CT molecular complexity index is 513. The van der Waals surface area contributed by atoms with Crippen molar-refractivity contribution in [3.63, 3.8) is 0 Å². The molecule has 0 saturated heterocycles. The summed E-state index contributed by atoms with van der Waals surface area (Å²) >= 11 is 1.82. The van der Waals surface area contributed by atoms with Crippen molar-refractivity contribution in [1.29, 1.82) is 0 Å². The summed E-state index contributed by atoms with van der Waals surface area (Å²) in [6.07, 6.45) is 1.92. The average Bonchev–Trinajstić information content (AvgIpc) is 2.86. The highest BCUT2D eigenvalue weighted by Gasteiger charge is 2.16. The molecule has 0 fully saturated rings. The first-order chi connectivity index (χ1) is 8.70. The molecule has 0 amide bonds. The van der Waals surface area contributed by atoms with Crippen LogP contribution < -0.4 is 0 Å². The summed E-state index contributed by atoms with van der Waals surface area (Å²) < 4.78 is 0. The third-order valence-corrected chi connectivity index (χ3v) is 4.33. The number of hydrogen-bond donors (Lipinski definition) is 0. The van der Waals surface area contributed by atoms with Crippen molar-refractivity contribution in [3.05, 3.63) is 57.8 Å². The first-order valence-corrected chi connectivity index (χ1v) is 7.19. The molecule has 1 aromatic heterocycles. The van der Waals surface area contributed by atoms with Gasteiger partial charge in [0.25, 0.3) is 0 Å². The minimum absolute atomic E-state index is 0.0516. The second-order valence-corrected chi connectivity index (χ2v) is 5.81. The molecule has 18 heavy (non-hydrogen) atoms. The van der Waals surface area contributed by atoms with Gasteiger partial charge < -0.3 is 0 Å². The maximum absolute atomic E-state index is 12.2. The summed E-state index contributed by atoms with van der Waals surface area (Å²) in [5.41, 5.74) is 0.817. The molecule has 0 saturated carbocycles. The van der Waals surface area contributed by atoms with E-state index in [1.165, 1.54) is 9.75 Å². The number of hydrogen-bond acceptors (Lipinski definition) is 2. The second-order valence-electron chi connectivity index (χ2n) is 4.56. The molecule has 94 valence electrons. The van der Waals surface area contributed by atoms with Crippen LogP contribution >= 0.6 is 11.3 Å². The Kier molecular flexibility index (Phi) is 4.32. The lowest BCUT2D eigenvalue weighted by Gasteiger charge is -2.08. The van der Waals surface area contributed by atoms with Crippen molar-refractivity contribution < 1.29 is 4.79 Å². The van der Waals surface area contributed by atoms with E-state index in [2.05, 4.69) is 19.1 Å². The fraction of sp³-hybridized carbons (Fsp3) is 0.312. The van der Waals surface area contributed by atoms with Crippen LogP contribution in [0, 0.1) is 5.92 Å². The number of benzene rings is 1. The Morgan fingerprint density at radius 2 is 1.78 bits per heavy atom. The zero-order valence-electron chi connectivity index (χ0n) is 10.8. The summed E-state index contributed by atoms with van der Waals surface area (Å²) in [5.74, 6) is 0.290. The Labute approximate surface area is 112 Å². The van der Waals surface area contributed by atoms with E-state index in [0.717, 1.165) is 18.4 Å². The van der Waals surface area contributed by atoms with Crippen molar-refractivity contribution in [2.45, 2.75) is 26.7 Å². The predicted molar refractivity (Wildman–Crippen MR) is 77.3 cm³/mol. The van der Waals surface area contributed by atoms with Crippen LogP contribution in [0.1, 0.15) is 34.0 Å². The predicted octanol–water partition coefficient (Wildman–Crippen LogP) is 4.37. The highest BCUT2D eigenvalue weighted by atomic mass is 32.1. The first-order valence-electron chi connectivity index (χ1n) is 6.37. The summed E-state index contributed by atoms with van der Waals surface area (Å²) in [6.45, 7) is 4.18. The van der Waals surface area contributed by atoms with E-state index in [1.54, 1.807) is 0 Å². The number of rotatable bonds is 5. The zero-order chi connectivity index (χ0) is 13.0. The third kappa shape index (κ3) is 3.08. The topological polar surface area (TPSA) is 17.1 Å². The average molecular weight is 258 g/mol. The van der Waals surface area contributed by atoms with Gasteiger partial charge in [-0.25, -0.2) is 0 Å². The van der Waals surface area contributed by atoms with Gasteiger partial charge in [0.2, 0.25) is 0 Å². The number of aryl methyl sites for hydroxylation is 1. The van der Waals surface area contributed by atoms with Crippen LogP contribution in [-0.2, 0) is 12.8 Å². The van der Waals surface area contributed by atoms with Crippen LogP contribution in [0.3, 0.4) is 0 Å². The molecular weight excluding hydrogens is 240 g/mol. The van der Waals surface area contributed by atoms with Crippen molar-refractivity contribution in [2.24, 2.45) is 5.92 Å². The molecule has 0 bridgehead atoms.